The smallest absolute Gasteiger partial charge is 0.310 e. The number of nitro benzene ring substituents is 1. The Labute approximate surface area is 155 Å². The highest BCUT2D eigenvalue weighted by molar-refractivity contribution is 5.99. The Kier molecular flexibility index (Phi) is 5.49. The standard InChI is InChI=1S/C18H20N4O5/c1-2-27-18(24)13-5-4-9-20(11-13)17(23)14-6-3-7-15(22(25)26)16(14)21-10-8-19-12-21/h3,6-8,10,12-13H,2,4-5,9,11H2,1H3. The fourth-order valence-corrected chi connectivity index (χ4v) is 3.30. The van der Waals surface area contributed by atoms with E-state index < -0.39 is 4.92 Å². The molecule has 1 aliphatic heterocycles. The van der Waals surface area contributed by atoms with E-state index in [0.717, 1.165) is 0 Å². The molecule has 0 aliphatic carbocycles. The zero-order valence-corrected chi connectivity index (χ0v) is 14.9. The molecule has 2 aromatic rings. The highest BCUT2D eigenvalue weighted by atomic mass is 16.6. The Bertz CT molecular complexity index is 849. The second-order valence-electron chi connectivity index (χ2n) is 6.24. The van der Waals surface area contributed by atoms with Crippen molar-refractivity contribution >= 4 is 17.6 Å². The number of esters is 1. The molecule has 9 nitrogen and oxygen atoms in total. The number of nitro groups is 1. The lowest BCUT2D eigenvalue weighted by Gasteiger charge is -2.32. The van der Waals surface area contributed by atoms with Gasteiger partial charge in [-0.25, -0.2) is 4.98 Å². The topological polar surface area (TPSA) is 108 Å². The first-order valence-electron chi connectivity index (χ1n) is 8.74. The summed E-state index contributed by atoms with van der Waals surface area (Å²) in [5.41, 5.74) is 0.188. The number of carbonyl (C=O) groups is 2. The third kappa shape index (κ3) is 3.81. The van der Waals surface area contributed by atoms with Crippen molar-refractivity contribution in [2.45, 2.75) is 19.8 Å². The van der Waals surface area contributed by atoms with Gasteiger partial charge >= 0.3 is 5.97 Å². The molecule has 1 aromatic heterocycles. The zero-order valence-electron chi connectivity index (χ0n) is 14.9. The summed E-state index contributed by atoms with van der Waals surface area (Å²) >= 11 is 0. The van der Waals surface area contributed by atoms with Gasteiger partial charge in [0, 0.05) is 31.5 Å². The minimum absolute atomic E-state index is 0.170. The molecular formula is C18H20N4O5. The molecule has 27 heavy (non-hydrogen) atoms. The summed E-state index contributed by atoms with van der Waals surface area (Å²) in [5, 5.41) is 11.5. The average molecular weight is 372 g/mol. The van der Waals surface area contributed by atoms with Crippen LogP contribution in [0.25, 0.3) is 5.69 Å². The summed E-state index contributed by atoms with van der Waals surface area (Å²) in [6, 6.07) is 4.39. The lowest BCUT2D eigenvalue weighted by molar-refractivity contribution is -0.384. The van der Waals surface area contributed by atoms with Crippen LogP contribution in [-0.2, 0) is 9.53 Å². The number of nitrogens with zero attached hydrogens (tertiary/aromatic N) is 4. The average Bonchev–Trinajstić information content (AvgIpc) is 3.21. The van der Waals surface area contributed by atoms with E-state index in [1.165, 1.54) is 29.2 Å². The van der Waals surface area contributed by atoms with Crippen LogP contribution >= 0.6 is 0 Å². The molecule has 0 bridgehead atoms. The summed E-state index contributed by atoms with van der Waals surface area (Å²) in [7, 11) is 0. The van der Waals surface area contributed by atoms with Gasteiger partial charge in [0.15, 0.2) is 0 Å². The summed E-state index contributed by atoms with van der Waals surface area (Å²) in [5.74, 6) is -1.04. The van der Waals surface area contributed by atoms with Crippen LogP contribution < -0.4 is 0 Å². The molecule has 1 saturated heterocycles. The largest absolute Gasteiger partial charge is 0.466 e. The Morgan fingerprint density at radius 2 is 2.22 bits per heavy atom. The van der Waals surface area contributed by atoms with E-state index in [4.69, 9.17) is 4.74 Å². The maximum Gasteiger partial charge on any atom is 0.310 e. The first-order chi connectivity index (χ1) is 13.0. The molecule has 1 aromatic carbocycles. The van der Waals surface area contributed by atoms with Crippen molar-refractivity contribution in [3.8, 4) is 5.69 Å². The summed E-state index contributed by atoms with van der Waals surface area (Å²) in [4.78, 5) is 41.6. The number of rotatable bonds is 5. The number of likely N-dealkylation sites (tertiary alicyclic amines) is 1. The quantitative estimate of drug-likeness (QED) is 0.452. The van der Waals surface area contributed by atoms with Crippen LogP contribution in [0.15, 0.2) is 36.9 Å². The van der Waals surface area contributed by atoms with Crippen LogP contribution in [0.2, 0.25) is 0 Å². The monoisotopic (exact) mass is 372 g/mol. The SMILES string of the molecule is CCOC(=O)C1CCCN(C(=O)c2cccc([N+](=O)[O-])c2-n2ccnc2)C1. The van der Waals surface area contributed by atoms with Crippen LogP contribution in [0, 0.1) is 16.0 Å². The number of para-hydroxylation sites is 1. The van der Waals surface area contributed by atoms with Gasteiger partial charge in [0.2, 0.25) is 0 Å². The van der Waals surface area contributed by atoms with E-state index in [1.54, 1.807) is 24.1 Å². The van der Waals surface area contributed by atoms with E-state index in [0.29, 0.717) is 26.0 Å². The molecule has 1 atom stereocenters. The molecule has 1 fully saturated rings. The molecule has 0 spiro atoms. The number of imidazole rings is 1. The van der Waals surface area contributed by atoms with Gasteiger partial charge in [-0.3, -0.25) is 24.3 Å². The van der Waals surface area contributed by atoms with Gasteiger partial charge in [0.25, 0.3) is 11.6 Å². The van der Waals surface area contributed by atoms with Crippen molar-refractivity contribution in [2.24, 2.45) is 5.92 Å². The molecule has 142 valence electrons. The third-order valence-corrected chi connectivity index (χ3v) is 4.53. The van der Waals surface area contributed by atoms with Crippen LogP contribution in [0.4, 0.5) is 5.69 Å². The lowest BCUT2D eigenvalue weighted by Crippen LogP contribution is -2.43. The molecule has 0 N–H and O–H groups in total. The Morgan fingerprint density at radius 3 is 2.89 bits per heavy atom. The van der Waals surface area contributed by atoms with Gasteiger partial charge < -0.3 is 9.64 Å². The first kappa shape index (κ1) is 18.6. The Hall–Kier alpha value is -3.23. The van der Waals surface area contributed by atoms with Crippen LogP contribution in [0.3, 0.4) is 0 Å². The predicted molar refractivity (Wildman–Crippen MR) is 95.5 cm³/mol. The maximum atomic E-state index is 13.1. The van der Waals surface area contributed by atoms with Gasteiger partial charge in [0.05, 0.1) is 29.3 Å². The number of aromatic nitrogens is 2. The van der Waals surface area contributed by atoms with Gasteiger partial charge in [-0.15, -0.1) is 0 Å². The summed E-state index contributed by atoms with van der Waals surface area (Å²) < 4.78 is 6.53. The van der Waals surface area contributed by atoms with E-state index in [2.05, 4.69) is 4.98 Å². The number of amides is 1. The van der Waals surface area contributed by atoms with E-state index in [1.807, 2.05) is 0 Å². The van der Waals surface area contributed by atoms with E-state index in [-0.39, 0.29) is 41.3 Å². The van der Waals surface area contributed by atoms with Crippen molar-refractivity contribution in [2.75, 3.05) is 19.7 Å². The highest BCUT2D eigenvalue weighted by Crippen LogP contribution is 2.29. The van der Waals surface area contributed by atoms with Crippen LogP contribution in [0.1, 0.15) is 30.1 Å². The number of ether oxygens (including phenoxy) is 1. The van der Waals surface area contributed by atoms with Gasteiger partial charge in [-0.1, -0.05) is 6.07 Å². The summed E-state index contributed by atoms with van der Waals surface area (Å²) in [6.45, 7) is 2.76. The van der Waals surface area contributed by atoms with Crippen molar-refractivity contribution in [3.63, 3.8) is 0 Å². The number of benzene rings is 1. The minimum Gasteiger partial charge on any atom is -0.466 e. The van der Waals surface area contributed by atoms with Crippen LogP contribution in [0.5, 0.6) is 0 Å². The molecular weight excluding hydrogens is 352 g/mol. The fourth-order valence-electron chi connectivity index (χ4n) is 3.30. The molecule has 2 heterocycles. The normalized spacial score (nSPS) is 16.8. The molecule has 1 amide bonds. The molecule has 0 saturated carbocycles. The first-order valence-corrected chi connectivity index (χ1v) is 8.74. The van der Waals surface area contributed by atoms with Crippen molar-refractivity contribution in [3.05, 3.63) is 52.6 Å². The number of hydrogen-bond donors (Lipinski definition) is 0. The third-order valence-electron chi connectivity index (χ3n) is 4.53. The number of piperidine rings is 1. The molecule has 3 rings (SSSR count). The second kappa shape index (κ2) is 7.98. The number of carbonyl (C=O) groups excluding carboxylic acids is 2. The van der Waals surface area contributed by atoms with Crippen LogP contribution in [-0.4, -0.2) is 50.9 Å². The fraction of sp³-hybridized carbons (Fsp3) is 0.389. The second-order valence-corrected chi connectivity index (χ2v) is 6.24. The Balaban J connectivity index is 1.94. The minimum atomic E-state index is -0.524. The van der Waals surface area contributed by atoms with Crippen molar-refractivity contribution in [1.82, 2.24) is 14.5 Å². The molecule has 1 aliphatic rings. The lowest BCUT2D eigenvalue weighted by atomic mass is 9.97. The summed E-state index contributed by atoms with van der Waals surface area (Å²) in [6.07, 6.45) is 5.78. The van der Waals surface area contributed by atoms with E-state index >= 15 is 0 Å². The zero-order chi connectivity index (χ0) is 19.4. The van der Waals surface area contributed by atoms with Crippen molar-refractivity contribution < 1.29 is 19.2 Å². The van der Waals surface area contributed by atoms with E-state index in [9.17, 15) is 19.7 Å². The van der Waals surface area contributed by atoms with Crippen molar-refractivity contribution in [1.29, 1.82) is 0 Å². The Morgan fingerprint density at radius 1 is 1.41 bits per heavy atom. The number of hydrogen-bond acceptors (Lipinski definition) is 6. The predicted octanol–water partition coefficient (Wildman–Crippen LogP) is 2.20. The van der Waals surface area contributed by atoms with Gasteiger partial charge in [-0.05, 0) is 25.8 Å². The molecule has 1 unspecified atom stereocenters. The van der Waals surface area contributed by atoms with Gasteiger partial charge in [0.1, 0.15) is 5.69 Å². The highest BCUT2D eigenvalue weighted by Gasteiger charge is 2.32. The van der Waals surface area contributed by atoms with Gasteiger partial charge in [-0.2, -0.15) is 0 Å². The molecule has 0 radical (unpaired) electrons. The maximum absolute atomic E-state index is 13.1. The molecule has 9 heteroatoms.